The van der Waals surface area contributed by atoms with Crippen LogP contribution in [0.25, 0.3) is 0 Å². The number of methoxy groups -OCH3 is 1. The van der Waals surface area contributed by atoms with Crippen LogP contribution in [0.1, 0.15) is 62.6 Å². The molecule has 0 spiro atoms. The van der Waals surface area contributed by atoms with Crippen LogP contribution in [0.3, 0.4) is 0 Å². The standard InChI is InChI=1S/C24H26N5O5P.C16H18N4O3.C14H14N4O2.C9H14NO2P.2CH4/c1-17-10-12-26-22-20(17)28-23(30)19-9-6-11-25-21(19)29(22)14-15-33-24(31)27-13-16-35(2,32)34-18-7-4-3-5-8-18;1-11-5-7-18-15-13(11)19-16(21)12-4-3-6-17-14(12)20(15)8-9-23-10-22-2;1-9-4-6-16-13-11(9)17-14(20)10-3-2-5-15-12(10)18(13)7-8-19;1-13(11,8-7-10)12-9-5-3-2-4-6-9;;/h3-12H,13-16H2,1-2H3,(H,27,31)(H,28,30);3-7H,8-10H2,1-2H3,(H,19,21);2-6,19H,7-8H2,1H3,(H,17,20);2-6H,7-8,10H2,1H3;2*1H4. The number of carbonyl (C=O) groups excluding carboxylic acids is 4. The molecule has 0 radical (unpaired) electrons. The smallest absolute Gasteiger partial charge is 0.407 e. The van der Waals surface area contributed by atoms with E-state index in [-0.39, 0.29) is 71.8 Å². The molecule has 0 saturated carbocycles. The molecule has 28 heteroatoms. The number of aromatic nitrogens is 6. The van der Waals surface area contributed by atoms with E-state index in [1.807, 2.05) is 62.1 Å². The van der Waals surface area contributed by atoms with Crippen molar-refractivity contribution in [2.75, 3.05) is 123 Å². The second-order valence-electron chi connectivity index (χ2n) is 20.6. The van der Waals surface area contributed by atoms with Gasteiger partial charge in [0.1, 0.15) is 42.4 Å². The number of aliphatic hydroxyl groups is 1. The number of aryl methyl sites for hydroxylation is 3. The summed E-state index contributed by atoms with van der Waals surface area (Å²) in [6.45, 7) is 11.0. The molecule has 6 aromatic heterocycles. The van der Waals surface area contributed by atoms with Crippen LogP contribution < -0.4 is 50.7 Å². The third-order valence-corrected chi connectivity index (χ3v) is 17.0. The summed E-state index contributed by atoms with van der Waals surface area (Å²) in [7, 11) is -3.91. The number of hydrogen-bond donors (Lipinski definition) is 6. The highest BCUT2D eigenvalue weighted by atomic mass is 31.2. The summed E-state index contributed by atoms with van der Waals surface area (Å²) >= 11 is 0. The summed E-state index contributed by atoms with van der Waals surface area (Å²) in [5.74, 6) is 3.76. The molecule has 2 aromatic carbocycles. The Morgan fingerprint density at radius 1 is 0.527 bits per heavy atom. The van der Waals surface area contributed by atoms with Gasteiger partial charge < -0.3 is 70.1 Å². The van der Waals surface area contributed by atoms with Gasteiger partial charge in [-0.3, -0.25) is 23.5 Å². The van der Waals surface area contributed by atoms with E-state index in [2.05, 4.69) is 51.2 Å². The minimum Gasteiger partial charge on any atom is -0.448 e. The topological polar surface area (TPSA) is 330 Å². The van der Waals surface area contributed by atoms with Gasteiger partial charge in [0, 0.05) is 90.0 Å². The molecule has 11 rings (SSSR count). The average molecular weight is 1310 g/mol. The fraction of sp³-hybridized carbons (Fsp3) is 0.292. The van der Waals surface area contributed by atoms with Gasteiger partial charge >= 0.3 is 6.09 Å². The second-order valence-corrected chi connectivity index (χ2v) is 25.9. The molecule has 93 heavy (non-hydrogen) atoms. The third-order valence-electron chi connectivity index (χ3n) is 13.7. The normalized spacial score (nSPS) is 13.5. The molecular weight excluding hydrogens is 1230 g/mol. The number of pyridine rings is 6. The van der Waals surface area contributed by atoms with E-state index in [4.69, 9.17) is 29.0 Å². The Labute approximate surface area is 541 Å². The minimum absolute atomic E-state index is 0. The number of nitrogens with zero attached hydrogens (tertiary/aromatic N) is 9. The zero-order chi connectivity index (χ0) is 64.9. The van der Waals surface area contributed by atoms with Gasteiger partial charge in [0.25, 0.3) is 17.7 Å². The van der Waals surface area contributed by atoms with E-state index in [0.717, 1.165) is 16.7 Å². The number of nitrogens with two attached hydrogens (primary N) is 1. The van der Waals surface area contributed by atoms with E-state index >= 15 is 0 Å². The van der Waals surface area contributed by atoms with Gasteiger partial charge in [-0.25, -0.2) is 34.7 Å². The predicted molar refractivity (Wildman–Crippen MR) is 362 cm³/mol. The van der Waals surface area contributed by atoms with Crippen LogP contribution in [0.15, 0.2) is 152 Å². The van der Waals surface area contributed by atoms with Gasteiger partial charge in [-0.1, -0.05) is 51.3 Å². The summed E-state index contributed by atoms with van der Waals surface area (Å²) in [6, 6.07) is 33.8. The molecule has 0 bridgehead atoms. The van der Waals surface area contributed by atoms with Crippen LogP contribution in [0.5, 0.6) is 11.5 Å². The Bertz CT molecular complexity index is 3910. The van der Waals surface area contributed by atoms with Gasteiger partial charge in [0.15, 0.2) is 17.5 Å². The lowest BCUT2D eigenvalue weighted by atomic mass is 10.2. The number of rotatable bonds is 19. The Hall–Kier alpha value is -9.68. The molecule has 9 heterocycles. The maximum absolute atomic E-state index is 12.7. The average Bonchev–Trinajstić information content (AvgIpc) is 1.69. The van der Waals surface area contributed by atoms with Gasteiger partial charge in [-0.15, -0.1) is 0 Å². The summed E-state index contributed by atoms with van der Waals surface area (Å²) < 4.78 is 50.8. The third kappa shape index (κ3) is 19.4. The molecule has 7 N–H and O–H groups in total. The number of carbonyl (C=O) groups is 4. The van der Waals surface area contributed by atoms with Crippen LogP contribution >= 0.6 is 14.7 Å². The quantitative estimate of drug-likeness (QED) is 0.0249. The fourth-order valence-corrected chi connectivity index (χ4v) is 11.6. The van der Waals surface area contributed by atoms with E-state index in [9.17, 15) is 33.4 Å². The number of fused-ring (bicyclic) bond motifs is 6. The zero-order valence-corrected chi connectivity index (χ0v) is 52.9. The summed E-state index contributed by atoms with van der Waals surface area (Å²) in [4.78, 5) is 81.4. The molecule has 2 unspecified atom stereocenters. The molecule has 4 amide bonds. The summed E-state index contributed by atoms with van der Waals surface area (Å²) in [6.07, 6.45) is 9.85. The number of benzene rings is 2. The van der Waals surface area contributed by atoms with Crippen molar-refractivity contribution in [3.63, 3.8) is 0 Å². The Balaban J connectivity index is 0.000000207. The van der Waals surface area contributed by atoms with Crippen LogP contribution in [0.2, 0.25) is 0 Å². The molecule has 3 aliphatic heterocycles. The van der Waals surface area contributed by atoms with Gasteiger partial charge in [-0.05, 0) is 116 Å². The van der Waals surface area contributed by atoms with Crippen LogP contribution in [0.4, 0.5) is 56.8 Å². The number of ether oxygens (including phenoxy) is 3. The number of para-hydroxylation sites is 2. The Morgan fingerprint density at radius 2 is 0.903 bits per heavy atom. The number of anilines is 9. The molecule has 492 valence electrons. The van der Waals surface area contributed by atoms with Gasteiger partial charge in [0.05, 0.1) is 59.7 Å². The van der Waals surface area contributed by atoms with Crippen LogP contribution in [0, 0.1) is 20.8 Å². The molecule has 26 nitrogen and oxygen atoms in total. The highest BCUT2D eigenvalue weighted by Gasteiger charge is 2.31. The summed E-state index contributed by atoms with van der Waals surface area (Å²) in [5, 5.41) is 20.6. The highest BCUT2D eigenvalue weighted by molar-refractivity contribution is 7.58. The van der Waals surface area contributed by atoms with Crippen molar-refractivity contribution >= 4 is 90.5 Å². The molecule has 0 aliphatic carbocycles. The first-order chi connectivity index (χ1) is 43.9. The van der Waals surface area contributed by atoms with Crippen molar-refractivity contribution in [1.29, 1.82) is 0 Å². The molecule has 0 fully saturated rings. The maximum Gasteiger partial charge on any atom is 0.407 e. The lowest BCUT2D eigenvalue weighted by molar-refractivity contribution is -0.0271. The first-order valence-electron chi connectivity index (χ1n) is 28.8. The van der Waals surface area contributed by atoms with Crippen molar-refractivity contribution in [2.24, 2.45) is 5.73 Å². The van der Waals surface area contributed by atoms with Gasteiger partial charge in [-0.2, -0.15) is 0 Å². The Kier molecular flexibility index (Phi) is 27.0. The lowest BCUT2D eigenvalue weighted by Crippen LogP contribution is -2.31. The SMILES string of the molecule is C.C.COCOCCN1c2ncccc2C(=O)Nc2c(C)ccnc21.CP(=O)(CCN)Oc1ccccc1.Cc1ccnc2c1NC(=O)c1cccnc1N2CCO.Cc1ccnc2c1NC(=O)c1cccnc1N2CCOC(=O)NCCP(C)(=O)Oc1ccccc1. The second kappa shape index (κ2) is 34.7. The Morgan fingerprint density at radius 3 is 1.29 bits per heavy atom. The van der Waals surface area contributed by atoms with Crippen LogP contribution in [-0.2, 0) is 23.3 Å². The number of aliphatic hydroxyl groups excluding tert-OH is 1. The van der Waals surface area contributed by atoms with Crippen molar-refractivity contribution in [1.82, 2.24) is 35.2 Å². The van der Waals surface area contributed by atoms with E-state index in [0.29, 0.717) is 113 Å². The lowest BCUT2D eigenvalue weighted by Gasteiger charge is -2.24. The zero-order valence-electron chi connectivity index (χ0n) is 51.1. The largest absolute Gasteiger partial charge is 0.448 e. The van der Waals surface area contributed by atoms with Crippen molar-refractivity contribution in [2.45, 2.75) is 35.6 Å². The first-order valence-corrected chi connectivity index (χ1v) is 33.3. The molecule has 8 aromatic rings. The van der Waals surface area contributed by atoms with E-state index in [1.165, 1.54) is 6.66 Å². The highest BCUT2D eigenvalue weighted by Crippen LogP contribution is 2.44. The predicted octanol–water partition coefficient (Wildman–Crippen LogP) is 11.0. The maximum atomic E-state index is 12.7. The number of alkyl carbamates (subject to hydrolysis) is 1. The molecule has 2 atom stereocenters. The van der Waals surface area contributed by atoms with Crippen molar-refractivity contribution < 1.29 is 56.7 Å². The van der Waals surface area contributed by atoms with E-state index in [1.54, 1.807) is 140 Å². The van der Waals surface area contributed by atoms with Crippen molar-refractivity contribution in [3.8, 4) is 11.5 Å². The number of hydrogen-bond acceptors (Lipinski definition) is 22. The molecular formula is C65H80N14O12P2. The minimum atomic E-state index is -2.94. The first kappa shape index (κ1) is 72.4. The van der Waals surface area contributed by atoms with Crippen molar-refractivity contribution in [3.05, 3.63) is 186 Å². The fourth-order valence-electron chi connectivity index (χ4n) is 9.33. The van der Waals surface area contributed by atoms with Crippen LogP contribution in [-0.4, -0.2) is 151 Å². The molecule has 3 aliphatic rings. The number of nitrogens with one attached hydrogen (secondary N) is 4. The van der Waals surface area contributed by atoms with Gasteiger partial charge in [0.2, 0.25) is 14.7 Å². The monoisotopic (exact) mass is 1310 g/mol. The number of amides is 4. The summed E-state index contributed by atoms with van der Waals surface area (Å²) in [5.41, 5.74) is 11.3. The molecule has 0 saturated heterocycles. The van der Waals surface area contributed by atoms with E-state index < -0.39 is 20.8 Å². The number of β-amino-alcohol motifs (C(OH)–C–C–N with tert-alkyl or cyclic N) is 1.